The third kappa shape index (κ3) is 6.30. The van der Waals surface area contributed by atoms with Crippen molar-refractivity contribution in [3.05, 3.63) is 237 Å². The van der Waals surface area contributed by atoms with Crippen LogP contribution in [0.3, 0.4) is 0 Å². The van der Waals surface area contributed by atoms with Crippen LogP contribution in [0.5, 0.6) is 0 Å². The van der Waals surface area contributed by atoms with Crippen LogP contribution in [0, 0.1) is 0 Å². The summed E-state index contributed by atoms with van der Waals surface area (Å²) in [5.41, 5.74) is 20.4. The Bertz CT molecular complexity index is 3120. The van der Waals surface area contributed by atoms with Crippen LogP contribution >= 0.6 is 0 Å². The lowest BCUT2D eigenvalue weighted by Gasteiger charge is -2.28. The van der Waals surface area contributed by atoms with Gasteiger partial charge in [0.25, 0.3) is 0 Å². The highest BCUT2D eigenvalue weighted by molar-refractivity contribution is 6.04. The van der Waals surface area contributed by atoms with Gasteiger partial charge in [-0.05, 0) is 131 Å². The standard InChI is InChI=1S/C58H39N/c1-2-12-40(13-3-1)42-22-24-43(25-23-42)44-28-32-48(33-29-44)59(49-34-30-45(31-35-49)47-27-26-41-14-4-5-15-46(41)38-47)50-36-37-57-55-20-9-8-18-53(55)51-16-6-7-17-52(51)54-19-10-11-21-56(54)58(57)39-50/h1-39H. The molecule has 59 heavy (non-hydrogen) atoms. The van der Waals surface area contributed by atoms with E-state index in [4.69, 9.17) is 0 Å². The molecule has 0 unspecified atom stereocenters. The summed E-state index contributed by atoms with van der Waals surface area (Å²) >= 11 is 0. The van der Waals surface area contributed by atoms with Gasteiger partial charge in [0.1, 0.15) is 0 Å². The van der Waals surface area contributed by atoms with Crippen molar-refractivity contribution < 1.29 is 0 Å². The smallest absolute Gasteiger partial charge is 0.0468 e. The van der Waals surface area contributed by atoms with Crippen molar-refractivity contribution in [3.8, 4) is 77.9 Å². The predicted molar refractivity (Wildman–Crippen MR) is 250 cm³/mol. The van der Waals surface area contributed by atoms with E-state index < -0.39 is 0 Å². The van der Waals surface area contributed by atoms with Crippen LogP contribution < -0.4 is 4.90 Å². The lowest BCUT2D eigenvalue weighted by molar-refractivity contribution is 1.28. The molecule has 0 N–H and O–H groups in total. The van der Waals surface area contributed by atoms with Gasteiger partial charge in [0.15, 0.2) is 0 Å². The molecule has 1 aliphatic carbocycles. The topological polar surface area (TPSA) is 3.24 Å². The van der Waals surface area contributed by atoms with Crippen molar-refractivity contribution in [2.75, 3.05) is 4.90 Å². The van der Waals surface area contributed by atoms with Gasteiger partial charge in [0.05, 0.1) is 0 Å². The van der Waals surface area contributed by atoms with Crippen LogP contribution in [0.25, 0.3) is 88.7 Å². The SMILES string of the molecule is c1ccc(-c2ccc(-c3ccc(N(c4ccc(-c5ccc6ccccc6c5)cc4)c4ccc5c(c4)-c4ccccc4-c4ccccc4-c4ccccc4-5)cc3)cc2)cc1. The summed E-state index contributed by atoms with van der Waals surface area (Å²) in [5, 5.41) is 2.50. The highest BCUT2D eigenvalue weighted by Gasteiger charge is 2.23. The number of hydrogen-bond donors (Lipinski definition) is 0. The second kappa shape index (κ2) is 14.6. The Morgan fingerprint density at radius 3 is 1.03 bits per heavy atom. The van der Waals surface area contributed by atoms with Crippen molar-refractivity contribution in [3.63, 3.8) is 0 Å². The fourth-order valence-electron chi connectivity index (χ4n) is 8.90. The Labute approximate surface area is 345 Å². The van der Waals surface area contributed by atoms with E-state index in [2.05, 4.69) is 241 Å². The number of fused-ring (bicyclic) bond motifs is 9. The van der Waals surface area contributed by atoms with Crippen LogP contribution in [-0.4, -0.2) is 0 Å². The van der Waals surface area contributed by atoms with Gasteiger partial charge in [-0.1, -0.05) is 194 Å². The molecular weight excluding hydrogens is 711 g/mol. The molecule has 0 fully saturated rings. The molecule has 0 aliphatic heterocycles. The molecule has 276 valence electrons. The Morgan fingerprint density at radius 2 is 0.525 bits per heavy atom. The van der Waals surface area contributed by atoms with E-state index in [1.165, 1.54) is 88.7 Å². The maximum atomic E-state index is 2.40. The second-order valence-electron chi connectivity index (χ2n) is 15.3. The first kappa shape index (κ1) is 34.5. The molecule has 11 rings (SSSR count). The first-order valence-electron chi connectivity index (χ1n) is 20.3. The summed E-state index contributed by atoms with van der Waals surface area (Å²) in [6.07, 6.45) is 0. The quantitative estimate of drug-likeness (QED) is 0.164. The third-order valence-corrected chi connectivity index (χ3v) is 11.9. The molecule has 1 heteroatoms. The van der Waals surface area contributed by atoms with Crippen molar-refractivity contribution in [1.82, 2.24) is 0 Å². The van der Waals surface area contributed by atoms with Crippen molar-refractivity contribution in [2.45, 2.75) is 0 Å². The Hall–Kier alpha value is -7.74. The molecule has 0 spiro atoms. The summed E-state index contributed by atoms with van der Waals surface area (Å²) < 4.78 is 0. The average Bonchev–Trinajstić information content (AvgIpc) is 3.32. The zero-order valence-electron chi connectivity index (χ0n) is 32.5. The lowest BCUT2D eigenvalue weighted by Crippen LogP contribution is -2.10. The van der Waals surface area contributed by atoms with Crippen LogP contribution in [-0.2, 0) is 0 Å². The highest BCUT2D eigenvalue weighted by atomic mass is 15.1. The summed E-state index contributed by atoms with van der Waals surface area (Å²) in [6.45, 7) is 0. The largest absolute Gasteiger partial charge is 0.310 e. The third-order valence-electron chi connectivity index (χ3n) is 11.9. The van der Waals surface area contributed by atoms with Gasteiger partial charge < -0.3 is 4.90 Å². The number of hydrogen-bond acceptors (Lipinski definition) is 1. The van der Waals surface area contributed by atoms with Gasteiger partial charge in [-0.25, -0.2) is 0 Å². The molecule has 0 bridgehead atoms. The van der Waals surface area contributed by atoms with Gasteiger partial charge in [-0.3, -0.25) is 0 Å². The Kier molecular flexibility index (Phi) is 8.56. The van der Waals surface area contributed by atoms with E-state index in [-0.39, 0.29) is 0 Å². The van der Waals surface area contributed by atoms with E-state index in [1.54, 1.807) is 0 Å². The number of nitrogens with zero attached hydrogens (tertiary/aromatic N) is 1. The molecular formula is C58H39N. The van der Waals surface area contributed by atoms with E-state index in [1.807, 2.05) is 0 Å². The average molecular weight is 750 g/mol. The van der Waals surface area contributed by atoms with Gasteiger partial charge in [-0.15, -0.1) is 0 Å². The molecule has 0 saturated carbocycles. The number of anilines is 3. The molecule has 0 saturated heterocycles. The van der Waals surface area contributed by atoms with Crippen LogP contribution in [0.1, 0.15) is 0 Å². The number of benzene rings is 10. The minimum Gasteiger partial charge on any atom is -0.310 e. The molecule has 0 heterocycles. The van der Waals surface area contributed by atoms with E-state index in [0.717, 1.165) is 17.1 Å². The summed E-state index contributed by atoms with van der Waals surface area (Å²) in [7, 11) is 0. The molecule has 0 atom stereocenters. The lowest BCUT2D eigenvalue weighted by atomic mass is 9.81. The maximum absolute atomic E-state index is 2.40. The maximum Gasteiger partial charge on any atom is 0.0468 e. The molecule has 10 aromatic carbocycles. The van der Waals surface area contributed by atoms with E-state index in [9.17, 15) is 0 Å². The zero-order chi connectivity index (χ0) is 39.1. The molecule has 0 aromatic heterocycles. The fourth-order valence-corrected chi connectivity index (χ4v) is 8.90. The summed E-state index contributed by atoms with van der Waals surface area (Å²) in [4.78, 5) is 2.40. The molecule has 1 nitrogen and oxygen atoms in total. The van der Waals surface area contributed by atoms with Gasteiger partial charge in [-0.2, -0.15) is 0 Å². The van der Waals surface area contributed by atoms with Gasteiger partial charge in [0.2, 0.25) is 0 Å². The minimum atomic E-state index is 1.10. The summed E-state index contributed by atoms with van der Waals surface area (Å²) in [5.74, 6) is 0. The molecule has 0 radical (unpaired) electrons. The normalized spacial score (nSPS) is 11.4. The Balaban J connectivity index is 1.04. The monoisotopic (exact) mass is 749 g/mol. The fraction of sp³-hybridized carbons (Fsp3) is 0. The van der Waals surface area contributed by atoms with Crippen LogP contribution in [0.4, 0.5) is 17.1 Å². The predicted octanol–water partition coefficient (Wildman–Crippen LogP) is 16.3. The van der Waals surface area contributed by atoms with Gasteiger partial charge in [0, 0.05) is 17.1 Å². The molecule has 1 aliphatic rings. The van der Waals surface area contributed by atoms with Gasteiger partial charge >= 0.3 is 0 Å². The van der Waals surface area contributed by atoms with E-state index in [0.29, 0.717) is 0 Å². The van der Waals surface area contributed by atoms with Crippen molar-refractivity contribution >= 4 is 27.8 Å². The van der Waals surface area contributed by atoms with E-state index >= 15 is 0 Å². The van der Waals surface area contributed by atoms with Crippen LogP contribution in [0.15, 0.2) is 237 Å². The van der Waals surface area contributed by atoms with Crippen molar-refractivity contribution in [2.24, 2.45) is 0 Å². The minimum absolute atomic E-state index is 1.10. The number of rotatable bonds is 6. The summed E-state index contributed by atoms with van der Waals surface area (Å²) in [6, 6.07) is 86.3. The first-order valence-corrected chi connectivity index (χ1v) is 20.3. The first-order chi connectivity index (χ1) is 29.2. The van der Waals surface area contributed by atoms with Crippen molar-refractivity contribution in [1.29, 1.82) is 0 Å². The zero-order valence-corrected chi connectivity index (χ0v) is 32.5. The Morgan fingerprint density at radius 1 is 0.186 bits per heavy atom. The van der Waals surface area contributed by atoms with Crippen LogP contribution in [0.2, 0.25) is 0 Å². The second-order valence-corrected chi connectivity index (χ2v) is 15.3. The highest BCUT2D eigenvalue weighted by Crippen LogP contribution is 2.49. The molecule has 10 aromatic rings. The molecule has 0 amide bonds.